The maximum Gasteiger partial charge on any atom is 0.149 e. The number of allylic oxidation sites excluding steroid dienone is 7. The third-order valence-electron chi connectivity index (χ3n) is 8.78. The van der Waals surface area contributed by atoms with Crippen LogP contribution in [0.4, 0.5) is 0 Å². The second-order valence-corrected chi connectivity index (χ2v) is 11.9. The van der Waals surface area contributed by atoms with Crippen molar-refractivity contribution in [2.24, 2.45) is 15.9 Å². The SMILES string of the molecule is C/C=C\C=C(/C)C(=N)/N=C(\N=C\c1ccccc1)C1C=C(c2nc3cc4c(cc3c3c2ccc2ccccc23)CCC=C4)C=CC1. The van der Waals surface area contributed by atoms with E-state index in [1.54, 1.807) is 0 Å². The summed E-state index contributed by atoms with van der Waals surface area (Å²) in [4.78, 5) is 15.0. The van der Waals surface area contributed by atoms with Gasteiger partial charge < -0.3 is 0 Å². The Morgan fingerprint density at radius 1 is 0.913 bits per heavy atom. The van der Waals surface area contributed by atoms with Crippen molar-refractivity contribution in [1.82, 2.24) is 4.98 Å². The van der Waals surface area contributed by atoms with Gasteiger partial charge in [-0.25, -0.2) is 15.0 Å². The van der Waals surface area contributed by atoms with Crippen LogP contribution in [-0.2, 0) is 6.42 Å². The zero-order valence-corrected chi connectivity index (χ0v) is 26.2. The van der Waals surface area contributed by atoms with Gasteiger partial charge in [-0.15, -0.1) is 0 Å². The van der Waals surface area contributed by atoms with Gasteiger partial charge in [-0.2, -0.15) is 0 Å². The molecule has 1 aromatic heterocycles. The van der Waals surface area contributed by atoms with Crippen LogP contribution in [0.15, 0.2) is 137 Å². The number of rotatable bonds is 5. The Kier molecular flexibility index (Phi) is 8.18. The number of aromatic nitrogens is 1. The first-order valence-electron chi connectivity index (χ1n) is 16.0. The lowest BCUT2D eigenvalue weighted by Gasteiger charge is -2.20. The topological polar surface area (TPSA) is 61.5 Å². The molecule has 1 unspecified atom stereocenters. The summed E-state index contributed by atoms with van der Waals surface area (Å²) in [5, 5.41) is 14.8. The van der Waals surface area contributed by atoms with Crippen molar-refractivity contribution in [3.63, 3.8) is 0 Å². The Hall–Kier alpha value is -5.48. The van der Waals surface area contributed by atoms with Gasteiger partial charge >= 0.3 is 0 Å². The zero-order chi connectivity index (χ0) is 31.5. The van der Waals surface area contributed by atoms with Crippen LogP contribution >= 0.6 is 0 Å². The number of nitrogens with zero attached hydrogens (tertiary/aromatic N) is 3. The number of aliphatic imine (C=N–C) groups is 2. The zero-order valence-electron chi connectivity index (χ0n) is 26.2. The number of amidine groups is 2. The molecular weight excluding hydrogens is 560 g/mol. The Bertz CT molecular complexity index is 2210. The average molecular weight is 597 g/mol. The smallest absolute Gasteiger partial charge is 0.149 e. The van der Waals surface area contributed by atoms with Crippen molar-refractivity contribution in [1.29, 1.82) is 5.41 Å². The van der Waals surface area contributed by atoms with E-state index in [-0.39, 0.29) is 11.8 Å². The first kappa shape index (κ1) is 29.2. The van der Waals surface area contributed by atoms with E-state index in [0.29, 0.717) is 5.84 Å². The van der Waals surface area contributed by atoms with Gasteiger partial charge in [0, 0.05) is 28.3 Å². The van der Waals surface area contributed by atoms with Crippen LogP contribution in [0, 0.1) is 11.3 Å². The molecule has 0 fully saturated rings. The molecule has 2 aliphatic rings. The molecule has 0 saturated carbocycles. The highest BCUT2D eigenvalue weighted by Crippen LogP contribution is 2.39. The molecule has 4 heteroatoms. The fourth-order valence-electron chi connectivity index (χ4n) is 6.35. The van der Waals surface area contributed by atoms with Crippen LogP contribution in [0.2, 0.25) is 0 Å². The number of nitrogens with one attached hydrogen (secondary N) is 1. The van der Waals surface area contributed by atoms with Crippen molar-refractivity contribution in [3.8, 4) is 0 Å². The number of hydrogen-bond acceptors (Lipinski definition) is 2. The highest BCUT2D eigenvalue weighted by Gasteiger charge is 2.21. The van der Waals surface area contributed by atoms with Gasteiger partial charge in [0.2, 0.25) is 0 Å². The molecule has 4 aromatic carbocycles. The number of pyridine rings is 1. The standard InChI is InChI=1S/C42H36N4/c1-3-4-13-28(2)41(43)46-42(44-27-29-14-6-5-7-15-29)34-20-12-19-33(24-34)40-36-23-22-30-16-10-11-21-35(30)39(36)37-25-31-17-8-9-18-32(31)26-38(37)45-40/h3-7,9-16,18-19,21-27,34,43H,8,17,20H2,1-2H3/b4-3-,28-13+,43-41?,44-27+,46-42-. The average Bonchev–Trinajstić information content (AvgIpc) is 3.11. The molecule has 46 heavy (non-hydrogen) atoms. The highest BCUT2D eigenvalue weighted by molar-refractivity contribution is 6.22. The number of aryl methyl sites for hydroxylation is 1. The summed E-state index contributed by atoms with van der Waals surface area (Å²) in [6.07, 6.45) is 21.6. The first-order chi connectivity index (χ1) is 22.6. The fourth-order valence-corrected chi connectivity index (χ4v) is 6.35. The maximum atomic E-state index is 8.75. The molecule has 2 aliphatic carbocycles. The minimum Gasteiger partial charge on any atom is -0.283 e. The number of fused-ring (bicyclic) bond motifs is 6. The monoisotopic (exact) mass is 596 g/mol. The third kappa shape index (κ3) is 5.82. The lowest BCUT2D eigenvalue weighted by Crippen LogP contribution is -2.15. The van der Waals surface area contributed by atoms with Crippen LogP contribution in [0.1, 0.15) is 49.1 Å². The van der Waals surface area contributed by atoms with Gasteiger partial charge in [0.25, 0.3) is 0 Å². The predicted molar refractivity (Wildman–Crippen MR) is 197 cm³/mol. The minimum atomic E-state index is -0.116. The van der Waals surface area contributed by atoms with E-state index >= 15 is 0 Å². The minimum absolute atomic E-state index is 0.116. The van der Waals surface area contributed by atoms with E-state index in [9.17, 15) is 0 Å². The summed E-state index contributed by atoms with van der Waals surface area (Å²) < 4.78 is 0. The van der Waals surface area contributed by atoms with Crippen molar-refractivity contribution >= 4 is 62.0 Å². The molecule has 1 atom stereocenters. The Morgan fingerprint density at radius 3 is 2.63 bits per heavy atom. The summed E-state index contributed by atoms with van der Waals surface area (Å²) in [6.45, 7) is 3.88. The highest BCUT2D eigenvalue weighted by atomic mass is 15.0. The van der Waals surface area contributed by atoms with E-state index in [4.69, 9.17) is 20.4 Å². The normalized spacial score (nSPS) is 17.0. The Labute approximate surface area is 270 Å². The maximum absolute atomic E-state index is 8.75. The largest absolute Gasteiger partial charge is 0.283 e. The van der Waals surface area contributed by atoms with Crippen LogP contribution in [0.3, 0.4) is 0 Å². The number of benzene rings is 4. The second-order valence-electron chi connectivity index (χ2n) is 11.9. The lowest BCUT2D eigenvalue weighted by molar-refractivity contribution is 0.863. The Morgan fingerprint density at radius 2 is 1.76 bits per heavy atom. The molecule has 4 nitrogen and oxygen atoms in total. The van der Waals surface area contributed by atoms with Crippen LogP contribution in [-0.4, -0.2) is 22.9 Å². The predicted octanol–water partition coefficient (Wildman–Crippen LogP) is 10.5. The van der Waals surface area contributed by atoms with Crippen LogP contribution in [0.5, 0.6) is 0 Å². The van der Waals surface area contributed by atoms with Gasteiger partial charge in [-0.3, -0.25) is 5.41 Å². The van der Waals surface area contributed by atoms with E-state index in [1.807, 2.05) is 68.6 Å². The second kappa shape index (κ2) is 12.9. The fraction of sp³-hybridized carbons (Fsp3) is 0.143. The van der Waals surface area contributed by atoms with Gasteiger partial charge in [0.05, 0.1) is 11.2 Å². The van der Waals surface area contributed by atoms with E-state index in [2.05, 4.69) is 78.9 Å². The quantitative estimate of drug-likeness (QED) is 0.0933. The molecule has 0 bridgehead atoms. The van der Waals surface area contributed by atoms with E-state index in [0.717, 1.165) is 52.6 Å². The van der Waals surface area contributed by atoms with Crippen LogP contribution in [0.25, 0.3) is 44.1 Å². The Balaban J connectivity index is 1.40. The number of hydrogen-bond donors (Lipinski definition) is 1. The summed E-state index contributed by atoms with van der Waals surface area (Å²) in [5.41, 5.74) is 7.42. The van der Waals surface area contributed by atoms with Crippen molar-refractivity contribution in [2.75, 3.05) is 0 Å². The third-order valence-corrected chi connectivity index (χ3v) is 8.78. The molecule has 0 spiro atoms. The molecule has 5 aromatic rings. The summed E-state index contributed by atoms with van der Waals surface area (Å²) >= 11 is 0. The summed E-state index contributed by atoms with van der Waals surface area (Å²) in [6, 6.07) is 27.7. The van der Waals surface area contributed by atoms with Gasteiger partial charge in [0.15, 0.2) is 0 Å². The van der Waals surface area contributed by atoms with E-state index in [1.165, 1.54) is 32.7 Å². The molecule has 7 rings (SSSR count). The molecule has 1 N–H and O–H groups in total. The molecule has 1 heterocycles. The van der Waals surface area contributed by atoms with Crippen molar-refractivity contribution in [2.45, 2.75) is 33.1 Å². The van der Waals surface area contributed by atoms with Gasteiger partial charge in [-0.1, -0.05) is 115 Å². The summed E-state index contributed by atoms with van der Waals surface area (Å²) in [5.74, 6) is 0.703. The molecule has 224 valence electrons. The molecular formula is C42H36N4. The molecule has 0 aliphatic heterocycles. The lowest BCUT2D eigenvalue weighted by atomic mass is 9.88. The van der Waals surface area contributed by atoms with Crippen molar-refractivity contribution in [3.05, 3.63) is 149 Å². The van der Waals surface area contributed by atoms with Gasteiger partial charge in [0.1, 0.15) is 11.7 Å². The van der Waals surface area contributed by atoms with Crippen LogP contribution < -0.4 is 0 Å². The molecule has 0 amide bonds. The first-order valence-corrected chi connectivity index (χ1v) is 16.0. The van der Waals surface area contributed by atoms with E-state index < -0.39 is 0 Å². The molecule has 0 radical (unpaired) electrons. The van der Waals surface area contributed by atoms with Crippen molar-refractivity contribution < 1.29 is 0 Å². The summed E-state index contributed by atoms with van der Waals surface area (Å²) in [7, 11) is 0. The molecule has 0 saturated heterocycles. The van der Waals surface area contributed by atoms with Gasteiger partial charge in [-0.05, 0) is 83.9 Å².